The predicted octanol–water partition coefficient (Wildman–Crippen LogP) is 5.01. The summed E-state index contributed by atoms with van der Waals surface area (Å²) in [4.78, 5) is 17.9. The van der Waals surface area contributed by atoms with Gasteiger partial charge in [-0.2, -0.15) is 5.10 Å². The molecular formula is C29H31F3N6O. The second-order valence-corrected chi connectivity index (χ2v) is 9.82. The molecule has 1 aliphatic heterocycles. The molecule has 0 radical (unpaired) electrons. The van der Waals surface area contributed by atoms with Crippen molar-refractivity contribution < 1.29 is 18.0 Å². The Morgan fingerprint density at radius 3 is 2.44 bits per heavy atom. The van der Waals surface area contributed by atoms with Crippen LogP contribution in [0.4, 0.5) is 30.4 Å². The first kappa shape index (κ1) is 26.6. The van der Waals surface area contributed by atoms with Crippen LogP contribution in [0.25, 0.3) is 10.9 Å². The van der Waals surface area contributed by atoms with E-state index < -0.39 is 18.3 Å². The topological polar surface area (TPSA) is 76.3 Å². The minimum Gasteiger partial charge on any atom is -0.382 e. The van der Waals surface area contributed by atoms with E-state index in [2.05, 4.69) is 37.7 Å². The third-order valence-corrected chi connectivity index (χ3v) is 7.01. The first-order valence-corrected chi connectivity index (χ1v) is 13.0. The lowest BCUT2D eigenvalue weighted by atomic mass is 10.0. The van der Waals surface area contributed by atoms with Gasteiger partial charge >= 0.3 is 0 Å². The Morgan fingerprint density at radius 2 is 1.69 bits per heavy atom. The standard InChI is InChI=1S/C29H31F3N6O/c1-37-10-12-38(13-11-37)23-5-6-24(27(18-23)33-9-8-30)29(39)34-28-25-16-19(4-7-26(25)35-36-28)2-3-20-14-21(31)17-22(32)15-20/h4-7,14-18,33H,2-3,8-13H2,1H3,(H2,34,35,36,39). The minimum atomic E-state index is -0.600. The molecule has 1 fully saturated rings. The number of fused-ring (bicyclic) bond motifs is 1. The second kappa shape index (κ2) is 11.8. The maximum Gasteiger partial charge on any atom is 0.258 e. The number of H-pyrrole nitrogens is 1. The third kappa shape index (κ3) is 6.34. The van der Waals surface area contributed by atoms with Crippen molar-refractivity contribution in [2.75, 3.05) is 62.0 Å². The monoisotopic (exact) mass is 536 g/mol. The number of alkyl halides is 1. The Kier molecular flexibility index (Phi) is 8.02. The molecule has 4 aromatic rings. The molecule has 3 N–H and O–H groups in total. The number of aryl methyl sites for hydroxylation is 2. The zero-order valence-corrected chi connectivity index (χ0v) is 21.7. The molecule has 1 aliphatic rings. The van der Waals surface area contributed by atoms with Crippen molar-refractivity contribution in [3.8, 4) is 0 Å². The summed E-state index contributed by atoms with van der Waals surface area (Å²) < 4.78 is 40.1. The van der Waals surface area contributed by atoms with Gasteiger partial charge in [-0.05, 0) is 73.5 Å². The number of aromatic nitrogens is 2. The Bertz CT molecular complexity index is 1440. The van der Waals surface area contributed by atoms with Crippen molar-refractivity contribution in [3.05, 3.63) is 82.9 Å². The van der Waals surface area contributed by atoms with E-state index in [0.717, 1.165) is 54.4 Å². The van der Waals surface area contributed by atoms with Crippen LogP contribution < -0.4 is 15.5 Å². The number of halogens is 3. The summed E-state index contributed by atoms with van der Waals surface area (Å²) in [7, 11) is 2.09. The number of anilines is 3. The number of carbonyl (C=O) groups excluding carboxylic acids is 1. The normalized spacial score (nSPS) is 14.1. The van der Waals surface area contributed by atoms with Crippen molar-refractivity contribution in [1.29, 1.82) is 0 Å². The fraction of sp³-hybridized carbons (Fsp3) is 0.310. The lowest BCUT2D eigenvalue weighted by molar-refractivity contribution is 0.102. The third-order valence-electron chi connectivity index (χ3n) is 7.01. The summed E-state index contributed by atoms with van der Waals surface area (Å²) in [6.07, 6.45) is 1.02. The van der Waals surface area contributed by atoms with Gasteiger partial charge < -0.3 is 20.4 Å². The number of piperazine rings is 1. The highest BCUT2D eigenvalue weighted by Gasteiger charge is 2.19. The maximum atomic E-state index is 13.5. The van der Waals surface area contributed by atoms with Gasteiger partial charge in [0.15, 0.2) is 5.82 Å². The number of carbonyl (C=O) groups is 1. The molecule has 1 saturated heterocycles. The van der Waals surface area contributed by atoms with Crippen LogP contribution in [0.5, 0.6) is 0 Å². The molecular weight excluding hydrogens is 505 g/mol. The summed E-state index contributed by atoms with van der Waals surface area (Å²) >= 11 is 0. The van der Waals surface area contributed by atoms with Gasteiger partial charge in [0, 0.05) is 55.6 Å². The Hall–Kier alpha value is -4.05. The lowest BCUT2D eigenvalue weighted by Gasteiger charge is -2.34. The van der Waals surface area contributed by atoms with Gasteiger partial charge in [0.05, 0.1) is 11.1 Å². The fourth-order valence-corrected chi connectivity index (χ4v) is 4.85. The number of hydrogen-bond donors (Lipinski definition) is 3. The van der Waals surface area contributed by atoms with Crippen LogP contribution in [0.3, 0.4) is 0 Å². The molecule has 0 saturated carbocycles. The van der Waals surface area contributed by atoms with Gasteiger partial charge in [0.2, 0.25) is 0 Å². The van der Waals surface area contributed by atoms with Crippen LogP contribution in [0.2, 0.25) is 0 Å². The van der Waals surface area contributed by atoms with Crippen LogP contribution in [-0.2, 0) is 12.8 Å². The highest BCUT2D eigenvalue weighted by Crippen LogP contribution is 2.28. The van der Waals surface area contributed by atoms with Crippen LogP contribution in [0.15, 0.2) is 54.6 Å². The lowest BCUT2D eigenvalue weighted by Crippen LogP contribution is -2.44. The van der Waals surface area contributed by atoms with Gasteiger partial charge in [-0.1, -0.05) is 6.07 Å². The summed E-state index contributed by atoms with van der Waals surface area (Å²) in [5, 5.41) is 13.9. The van der Waals surface area contributed by atoms with Crippen molar-refractivity contribution in [2.45, 2.75) is 12.8 Å². The molecule has 0 atom stereocenters. The van der Waals surface area contributed by atoms with E-state index in [9.17, 15) is 18.0 Å². The summed E-state index contributed by atoms with van der Waals surface area (Å²) in [5.74, 6) is -1.20. The van der Waals surface area contributed by atoms with E-state index in [0.29, 0.717) is 35.5 Å². The van der Waals surface area contributed by atoms with Crippen LogP contribution in [-0.4, -0.2) is 67.5 Å². The molecule has 0 spiro atoms. The zero-order chi connectivity index (χ0) is 27.4. The van der Waals surface area contributed by atoms with Crippen molar-refractivity contribution in [2.24, 2.45) is 0 Å². The molecule has 39 heavy (non-hydrogen) atoms. The van der Waals surface area contributed by atoms with E-state index >= 15 is 0 Å². The molecule has 204 valence electrons. The first-order chi connectivity index (χ1) is 18.9. The average molecular weight is 537 g/mol. The molecule has 10 heteroatoms. The van der Waals surface area contributed by atoms with Crippen molar-refractivity contribution in [1.82, 2.24) is 15.1 Å². The Morgan fingerprint density at radius 1 is 0.949 bits per heavy atom. The number of nitrogens with zero attached hydrogens (tertiary/aromatic N) is 3. The van der Waals surface area contributed by atoms with E-state index in [1.807, 2.05) is 30.3 Å². The van der Waals surface area contributed by atoms with E-state index in [1.54, 1.807) is 6.07 Å². The Balaban J connectivity index is 1.34. The van der Waals surface area contributed by atoms with Crippen LogP contribution >= 0.6 is 0 Å². The van der Waals surface area contributed by atoms with E-state index in [-0.39, 0.29) is 12.5 Å². The van der Waals surface area contributed by atoms with Crippen LogP contribution in [0.1, 0.15) is 21.5 Å². The molecule has 0 aliphatic carbocycles. The van der Waals surface area contributed by atoms with Crippen molar-refractivity contribution >= 4 is 34.0 Å². The number of aromatic amines is 1. The Labute approximate surface area is 225 Å². The quantitative estimate of drug-likeness (QED) is 0.280. The largest absolute Gasteiger partial charge is 0.382 e. The van der Waals surface area contributed by atoms with E-state index in [1.165, 1.54) is 12.1 Å². The van der Waals surface area contributed by atoms with Crippen LogP contribution in [0, 0.1) is 11.6 Å². The molecule has 7 nitrogen and oxygen atoms in total. The van der Waals surface area contributed by atoms with Gasteiger partial charge in [-0.15, -0.1) is 0 Å². The van der Waals surface area contributed by atoms with Gasteiger partial charge in [-0.25, -0.2) is 13.2 Å². The average Bonchev–Trinajstić information content (AvgIpc) is 3.32. The fourth-order valence-electron chi connectivity index (χ4n) is 4.85. The molecule has 2 heterocycles. The highest BCUT2D eigenvalue weighted by molar-refractivity contribution is 6.11. The first-order valence-electron chi connectivity index (χ1n) is 13.0. The molecule has 0 unspecified atom stereocenters. The summed E-state index contributed by atoms with van der Waals surface area (Å²) in [6, 6.07) is 14.8. The van der Waals surface area contributed by atoms with Gasteiger partial charge in [-0.3, -0.25) is 9.89 Å². The van der Waals surface area contributed by atoms with Gasteiger partial charge in [0.1, 0.15) is 18.3 Å². The number of amides is 1. The van der Waals surface area contributed by atoms with E-state index in [4.69, 9.17) is 0 Å². The molecule has 5 rings (SSSR count). The molecule has 3 aromatic carbocycles. The predicted molar refractivity (Wildman–Crippen MR) is 148 cm³/mol. The summed E-state index contributed by atoms with van der Waals surface area (Å²) in [6.45, 7) is 3.18. The van der Waals surface area contributed by atoms with Gasteiger partial charge in [0.25, 0.3) is 5.91 Å². The number of benzene rings is 3. The SMILES string of the molecule is CN1CCN(c2ccc(C(=O)Nc3n[nH]c4ccc(CCc5cc(F)cc(F)c5)cc34)c(NCCF)c2)CC1. The molecule has 1 amide bonds. The smallest absolute Gasteiger partial charge is 0.258 e. The number of nitrogens with one attached hydrogen (secondary N) is 3. The number of hydrogen-bond acceptors (Lipinski definition) is 5. The number of rotatable bonds is 9. The summed E-state index contributed by atoms with van der Waals surface area (Å²) in [5.41, 5.74) is 4.18. The molecule has 1 aromatic heterocycles. The second-order valence-electron chi connectivity index (χ2n) is 9.82. The molecule has 0 bridgehead atoms. The van der Waals surface area contributed by atoms with Crippen molar-refractivity contribution in [3.63, 3.8) is 0 Å². The number of likely N-dealkylation sites (N-methyl/N-ethyl adjacent to an activating group) is 1. The zero-order valence-electron chi connectivity index (χ0n) is 21.7. The minimum absolute atomic E-state index is 0.0936. The highest BCUT2D eigenvalue weighted by atomic mass is 19.1. The maximum absolute atomic E-state index is 13.5.